The number of nitrogens with zero attached hydrogens (tertiary/aromatic N) is 2. The van der Waals surface area contributed by atoms with Crippen LogP contribution in [-0.2, 0) is 4.74 Å². The van der Waals surface area contributed by atoms with E-state index >= 15 is 0 Å². The van der Waals surface area contributed by atoms with Crippen LogP contribution in [0.3, 0.4) is 0 Å². The van der Waals surface area contributed by atoms with Gasteiger partial charge in [-0.3, -0.25) is 4.79 Å². The summed E-state index contributed by atoms with van der Waals surface area (Å²) in [4.78, 5) is 18.2. The molecule has 1 aromatic rings. The molecule has 0 bridgehead atoms. The normalized spacial score (nSPS) is 19.5. The van der Waals surface area contributed by atoms with Crippen molar-refractivity contribution >= 4 is 17.5 Å². The van der Waals surface area contributed by atoms with Gasteiger partial charge in [0.15, 0.2) is 0 Å². The fourth-order valence-electron chi connectivity index (χ4n) is 2.23. The first-order valence-electron chi connectivity index (χ1n) is 6.74. The molecule has 1 atom stereocenters. The molecular weight excluding hydrogens is 264 g/mol. The Morgan fingerprint density at radius 1 is 1.58 bits per heavy atom. The van der Waals surface area contributed by atoms with E-state index in [-0.39, 0.29) is 12.0 Å². The lowest BCUT2D eigenvalue weighted by Crippen LogP contribution is -2.43. The average Bonchev–Trinajstić information content (AvgIpc) is 2.44. The number of ether oxygens (including phenoxy) is 1. The zero-order valence-electron chi connectivity index (χ0n) is 11.1. The Balaban J connectivity index is 1.99. The molecule has 104 valence electrons. The number of carbonyl (C=O) groups is 1. The second kappa shape index (κ2) is 6.87. The van der Waals surface area contributed by atoms with Gasteiger partial charge in [-0.1, -0.05) is 24.6 Å². The van der Waals surface area contributed by atoms with Crippen molar-refractivity contribution in [3.8, 4) is 0 Å². The average molecular weight is 283 g/mol. The van der Waals surface area contributed by atoms with Gasteiger partial charge in [-0.2, -0.15) is 0 Å². The minimum atomic E-state index is -0.0627. The number of carbonyl (C=O) groups excluding carboxylic acids is 1. The largest absolute Gasteiger partial charge is 0.376 e. The predicted octanol–water partition coefficient (Wildman–Crippen LogP) is 2.77. The molecule has 0 saturated carbocycles. The summed E-state index contributed by atoms with van der Waals surface area (Å²) < 4.78 is 5.73. The maximum atomic E-state index is 12.3. The van der Waals surface area contributed by atoms with Crippen LogP contribution in [0.5, 0.6) is 0 Å². The van der Waals surface area contributed by atoms with Gasteiger partial charge in [0.05, 0.1) is 6.10 Å². The van der Waals surface area contributed by atoms with Crippen molar-refractivity contribution in [3.05, 3.63) is 29.0 Å². The lowest BCUT2D eigenvalue weighted by Gasteiger charge is -2.32. The summed E-state index contributed by atoms with van der Waals surface area (Å²) in [6.07, 6.45) is 3.14. The Labute approximate surface area is 118 Å². The molecule has 2 heterocycles. The van der Waals surface area contributed by atoms with Crippen LogP contribution in [0.2, 0.25) is 5.15 Å². The van der Waals surface area contributed by atoms with Crippen molar-refractivity contribution in [2.75, 3.05) is 19.7 Å². The number of piperidine rings is 1. The van der Waals surface area contributed by atoms with Crippen molar-refractivity contribution in [1.29, 1.82) is 0 Å². The Morgan fingerprint density at radius 2 is 2.42 bits per heavy atom. The minimum absolute atomic E-state index is 0.0627. The summed E-state index contributed by atoms with van der Waals surface area (Å²) in [5, 5.41) is 0.349. The Morgan fingerprint density at radius 3 is 3.16 bits per heavy atom. The minimum Gasteiger partial charge on any atom is -0.376 e. The summed E-state index contributed by atoms with van der Waals surface area (Å²) in [7, 11) is 0. The molecule has 0 radical (unpaired) electrons. The van der Waals surface area contributed by atoms with Crippen LogP contribution in [-0.4, -0.2) is 41.6 Å². The third kappa shape index (κ3) is 3.91. The molecule has 1 saturated heterocycles. The highest BCUT2D eigenvalue weighted by molar-refractivity contribution is 6.29. The number of likely N-dealkylation sites (tertiary alicyclic amines) is 1. The third-order valence-electron chi connectivity index (χ3n) is 3.16. The highest BCUT2D eigenvalue weighted by Crippen LogP contribution is 2.16. The molecule has 0 aromatic carbocycles. The van der Waals surface area contributed by atoms with Crippen molar-refractivity contribution < 1.29 is 9.53 Å². The monoisotopic (exact) mass is 282 g/mol. The molecule has 4 nitrogen and oxygen atoms in total. The first-order valence-corrected chi connectivity index (χ1v) is 7.12. The standard InChI is InChI=1S/C14H19ClN2O2/c1-2-9-19-11-5-4-8-17(10-11)14(18)12-6-3-7-13(15)16-12/h3,6-7,11H,2,4-5,8-10H2,1H3. The molecule has 1 amide bonds. The van der Waals surface area contributed by atoms with Crippen LogP contribution >= 0.6 is 11.6 Å². The van der Waals surface area contributed by atoms with E-state index in [4.69, 9.17) is 16.3 Å². The molecule has 1 aliphatic rings. The van der Waals surface area contributed by atoms with Gasteiger partial charge in [-0.05, 0) is 31.4 Å². The van der Waals surface area contributed by atoms with Crippen LogP contribution in [0, 0.1) is 0 Å². The topological polar surface area (TPSA) is 42.4 Å². The van der Waals surface area contributed by atoms with Crippen LogP contribution in [0.1, 0.15) is 36.7 Å². The number of hydrogen-bond donors (Lipinski definition) is 0. The van der Waals surface area contributed by atoms with Gasteiger partial charge >= 0.3 is 0 Å². The van der Waals surface area contributed by atoms with Gasteiger partial charge < -0.3 is 9.64 Å². The second-order valence-corrected chi connectivity index (χ2v) is 5.12. The van der Waals surface area contributed by atoms with Gasteiger partial charge in [0.2, 0.25) is 0 Å². The van der Waals surface area contributed by atoms with E-state index in [1.54, 1.807) is 18.2 Å². The Kier molecular flexibility index (Phi) is 5.16. The number of hydrogen-bond acceptors (Lipinski definition) is 3. The van der Waals surface area contributed by atoms with Gasteiger partial charge in [0.25, 0.3) is 5.91 Å². The Bertz CT molecular complexity index is 439. The summed E-state index contributed by atoms with van der Waals surface area (Å²) in [6, 6.07) is 5.12. The molecule has 1 aliphatic heterocycles. The van der Waals surface area contributed by atoms with Crippen molar-refractivity contribution in [3.63, 3.8) is 0 Å². The molecule has 0 spiro atoms. The lowest BCUT2D eigenvalue weighted by molar-refractivity contribution is 0.00192. The SMILES string of the molecule is CCCOC1CCCN(C(=O)c2cccc(Cl)n2)C1. The van der Waals surface area contributed by atoms with Crippen molar-refractivity contribution in [1.82, 2.24) is 9.88 Å². The Hall–Kier alpha value is -1.13. The molecule has 5 heteroatoms. The molecule has 1 aromatic heterocycles. The first-order chi connectivity index (χ1) is 9.20. The maximum absolute atomic E-state index is 12.3. The molecule has 1 fully saturated rings. The number of rotatable bonds is 4. The number of halogens is 1. The van der Waals surface area contributed by atoms with E-state index < -0.39 is 0 Å². The van der Waals surface area contributed by atoms with E-state index in [2.05, 4.69) is 11.9 Å². The van der Waals surface area contributed by atoms with Gasteiger partial charge in [-0.25, -0.2) is 4.98 Å². The first kappa shape index (κ1) is 14.3. The quantitative estimate of drug-likeness (QED) is 0.798. The lowest BCUT2D eigenvalue weighted by atomic mass is 10.1. The fraction of sp³-hybridized carbons (Fsp3) is 0.571. The van der Waals surface area contributed by atoms with Crippen LogP contribution in [0.25, 0.3) is 0 Å². The molecule has 19 heavy (non-hydrogen) atoms. The summed E-state index contributed by atoms with van der Waals surface area (Å²) in [5.74, 6) is -0.0627. The zero-order valence-corrected chi connectivity index (χ0v) is 11.9. The smallest absolute Gasteiger partial charge is 0.272 e. The summed E-state index contributed by atoms with van der Waals surface area (Å²) in [6.45, 7) is 4.25. The van der Waals surface area contributed by atoms with Gasteiger partial charge in [-0.15, -0.1) is 0 Å². The molecule has 0 N–H and O–H groups in total. The maximum Gasteiger partial charge on any atom is 0.272 e. The third-order valence-corrected chi connectivity index (χ3v) is 3.37. The number of amides is 1. The van der Waals surface area contributed by atoms with E-state index in [0.29, 0.717) is 17.4 Å². The highest BCUT2D eigenvalue weighted by Gasteiger charge is 2.25. The molecule has 1 unspecified atom stereocenters. The second-order valence-electron chi connectivity index (χ2n) is 4.73. The van der Waals surface area contributed by atoms with Gasteiger partial charge in [0.1, 0.15) is 10.8 Å². The number of pyridine rings is 1. The van der Waals surface area contributed by atoms with Crippen LogP contribution in [0.4, 0.5) is 0 Å². The van der Waals surface area contributed by atoms with Crippen LogP contribution in [0.15, 0.2) is 18.2 Å². The van der Waals surface area contributed by atoms with Gasteiger partial charge in [0, 0.05) is 19.7 Å². The van der Waals surface area contributed by atoms with Crippen molar-refractivity contribution in [2.24, 2.45) is 0 Å². The van der Waals surface area contributed by atoms with Crippen molar-refractivity contribution in [2.45, 2.75) is 32.3 Å². The van der Waals surface area contributed by atoms with E-state index in [1.165, 1.54) is 0 Å². The highest BCUT2D eigenvalue weighted by atomic mass is 35.5. The zero-order chi connectivity index (χ0) is 13.7. The van der Waals surface area contributed by atoms with E-state index in [1.807, 2.05) is 4.90 Å². The van der Waals surface area contributed by atoms with E-state index in [0.717, 1.165) is 32.4 Å². The molecule has 2 rings (SSSR count). The summed E-state index contributed by atoms with van der Waals surface area (Å²) >= 11 is 5.82. The van der Waals surface area contributed by atoms with Crippen LogP contribution < -0.4 is 0 Å². The summed E-state index contributed by atoms with van der Waals surface area (Å²) in [5.41, 5.74) is 0.406. The fourth-order valence-corrected chi connectivity index (χ4v) is 2.40. The van der Waals surface area contributed by atoms with E-state index in [9.17, 15) is 4.79 Å². The predicted molar refractivity (Wildman–Crippen MR) is 74.4 cm³/mol. The number of aromatic nitrogens is 1. The molecular formula is C14H19ClN2O2. The molecule has 0 aliphatic carbocycles.